The van der Waals surface area contributed by atoms with Crippen LogP contribution in [0.2, 0.25) is 0 Å². The topological polar surface area (TPSA) is 18.1 Å². The summed E-state index contributed by atoms with van der Waals surface area (Å²) in [6.45, 7) is 6.80. The molecule has 6 aromatic rings. The van der Waals surface area contributed by atoms with Gasteiger partial charge >= 0.3 is 0 Å². The lowest BCUT2D eigenvalue weighted by Gasteiger charge is -2.24. The fraction of sp³-hybridized carbons (Fsp3) is 0.154. The van der Waals surface area contributed by atoms with Gasteiger partial charge in [0.2, 0.25) is 0 Å². The van der Waals surface area contributed by atoms with Gasteiger partial charge in [0, 0.05) is 32.6 Å². The number of para-hydroxylation sites is 2. The second kappa shape index (κ2) is 5.17. The van der Waals surface area contributed by atoms with E-state index in [1.54, 1.807) is 0 Å². The maximum atomic E-state index is 6.52. The highest BCUT2D eigenvalue weighted by Crippen LogP contribution is 2.45. The van der Waals surface area contributed by atoms with Gasteiger partial charge in [0.05, 0.1) is 5.52 Å². The van der Waals surface area contributed by atoms with Crippen LogP contribution >= 0.6 is 0 Å². The van der Waals surface area contributed by atoms with Crippen LogP contribution in [0, 0.1) is 0 Å². The lowest BCUT2D eigenvalue weighted by molar-refractivity contribution is 0.423. The number of rotatable bonds is 0. The Bertz CT molecular complexity index is 1540. The third-order valence-electron chi connectivity index (χ3n) is 5.82. The smallest absolute Gasteiger partial charge is 0.160 e. The zero-order chi connectivity index (χ0) is 19.0. The van der Waals surface area contributed by atoms with Gasteiger partial charge in [0.25, 0.3) is 0 Å². The van der Waals surface area contributed by atoms with Gasteiger partial charge in [-0.3, -0.25) is 0 Å². The quantitative estimate of drug-likeness (QED) is 0.272. The number of benzene rings is 4. The van der Waals surface area contributed by atoms with Crippen molar-refractivity contribution in [3.05, 3.63) is 72.8 Å². The molecule has 0 amide bonds. The highest BCUT2D eigenvalue weighted by Gasteiger charge is 2.26. The van der Waals surface area contributed by atoms with Crippen molar-refractivity contribution in [2.75, 3.05) is 0 Å². The van der Waals surface area contributed by atoms with Crippen LogP contribution in [0.5, 0.6) is 0 Å². The highest BCUT2D eigenvalue weighted by molar-refractivity contribution is 6.34. The molecule has 0 saturated carbocycles. The second-order valence-electron chi connectivity index (χ2n) is 8.59. The average molecular weight is 363 g/mol. The van der Waals surface area contributed by atoms with Crippen LogP contribution < -0.4 is 0 Å². The second-order valence-corrected chi connectivity index (χ2v) is 8.59. The van der Waals surface area contributed by atoms with Gasteiger partial charge in [-0.2, -0.15) is 0 Å². The fourth-order valence-corrected chi connectivity index (χ4v) is 4.82. The Kier molecular flexibility index (Phi) is 2.91. The Hall–Kier alpha value is -3.26. The van der Waals surface area contributed by atoms with Crippen LogP contribution in [0.15, 0.2) is 77.2 Å². The van der Waals surface area contributed by atoms with Gasteiger partial charge in [-0.15, -0.1) is 0 Å². The summed E-state index contributed by atoms with van der Waals surface area (Å²) >= 11 is 0. The summed E-state index contributed by atoms with van der Waals surface area (Å²) in [7, 11) is 0. The van der Waals surface area contributed by atoms with E-state index >= 15 is 0 Å². The van der Waals surface area contributed by atoms with E-state index in [1.165, 1.54) is 43.4 Å². The Balaban J connectivity index is 2.08. The van der Waals surface area contributed by atoms with E-state index in [2.05, 4.69) is 92.1 Å². The first-order valence-electron chi connectivity index (χ1n) is 9.81. The number of aromatic nitrogens is 1. The number of fused-ring (bicyclic) bond motifs is 10. The van der Waals surface area contributed by atoms with Crippen LogP contribution in [-0.2, 0) is 5.54 Å². The molecule has 0 aliphatic heterocycles. The third kappa shape index (κ3) is 1.87. The Morgan fingerprint density at radius 1 is 0.643 bits per heavy atom. The number of furan rings is 1. The fourth-order valence-electron chi connectivity index (χ4n) is 4.82. The minimum atomic E-state index is -0.0737. The van der Waals surface area contributed by atoms with Crippen LogP contribution in [0.25, 0.3) is 54.5 Å². The summed E-state index contributed by atoms with van der Waals surface area (Å²) in [5.74, 6) is 0. The molecule has 0 unspecified atom stereocenters. The molecule has 0 atom stereocenters. The monoisotopic (exact) mass is 363 g/mol. The van der Waals surface area contributed by atoms with E-state index < -0.39 is 0 Å². The number of hydrogen-bond donors (Lipinski definition) is 0. The lowest BCUT2D eigenvalue weighted by atomic mass is 9.98. The Labute approximate surface area is 163 Å². The van der Waals surface area contributed by atoms with E-state index in [0.29, 0.717) is 0 Å². The van der Waals surface area contributed by atoms with Crippen molar-refractivity contribution < 1.29 is 4.42 Å². The number of hydrogen-bond acceptors (Lipinski definition) is 1. The van der Waals surface area contributed by atoms with Crippen LogP contribution in [0.4, 0.5) is 0 Å². The van der Waals surface area contributed by atoms with Crippen molar-refractivity contribution >= 4 is 54.5 Å². The first-order chi connectivity index (χ1) is 13.6. The van der Waals surface area contributed by atoms with E-state index in [9.17, 15) is 0 Å². The van der Waals surface area contributed by atoms with Gasteiger partial charge in [-0.05, 0) is 43.7 Å². The van der Waals surface area contributed by atoms with Gasteiger partial charge in [-0.1, -0.05) is 60.7 Å². The van der Waals surface area contributed by atoms with Crippen LogP contribution in [0.1, 0.15) is 20.8 Å². The molecule has 2 aromatic heterocycles. The maximum absolute atomic E-state index is 6.52. The van der Waals surface area contributed by atoms with Gasteiger partial charge in [0.15, 0.2) is 5.58 Å². The average Bonchev–Trinajstić information content (AvgIpc) is 3.24. The molecule has 136 valence electrons. The van der Waals surface area contributed by atoms with Crippen molar-refractivity contribution in [2.45, 2.75) is 26.3 Å². The Morgan fingerprint density at radius 2 is 1.21 bits per heavy atom. The Morgan fingerprint density at radius 3 is 1.93 bits per heavy atom. The minimum absolute atomic E-state index is 0.0737. The largest absolute Gasteiger partial charge is 0.454 e. The predicted octanol–water partition coefficient (Wildman–Crippen LogP) is 7.60. The molecule has 0 aliphatic carbocycles. The molecule has 2 heteroatoms. The third-order valence-corrected chi connectivity index (χ3v) is 5.82. The van der Waals surface area contributed by atoms with Gasteiger partial charge in [0.1, 0.15) is 5.58 Å². The van der Waals surface area contributed by atoms with E-state index in [0.717, 1.165) is 11.2 Å². The normalized spacial score (nSPS) is 12.8. The summed E-state index contributed by atoms with van der Waals surface area (Å²) in [6.07, 6.45) is 0. The molecule has 2 nitrogen and oxygen atoms in total. The first kappa shape index (κ1) is 15.8. The maximum Gasteiger partial charge on any atom is 0.160 e. The SMILES string of the molecule is CC(C)(C)n1c2ccccc2c2c3ccccc3c3c4ccccc4oc3c21. The van der Waals surface area contributed by atoms with Crippen molar-refractivity contribution in [3.8, 4) is 0 Å². The summed E-state index contributed by atoms with van der Waals surface area (Å²) in [6, 6.07) is 25.8. The first-order valence-corrected chi connectivity index (χ1v) is 9.81. The molecule has 0 radical (unpaired) electrons. The molecule has 0 spiro atoms. The van der Waals surface area contributed by atoms with Gasteiger partial charge < -0.3 is 8.98 Å². The molecule has 0 fully saturated rings. The molecule has 4 aromatic carbocycles. The van der Waals surface area contributed by atoms with Crippen molar-refractivity contribution in [3.63, 3.8) is 0 Å². The van der Waals surface area contributed by atoms with Crippen molar-refractivity contribution in [1.29, 1.82) is 0 Å². The standard InChI is InChI=1S/C26H21NO/c1-26(2,3)27-20-14-8-6-12-18(20)22-16-10-4-5-11-17(16)23-19-13-7-9-15-21(19)28-25(23)24(22)27/h4-15H,1-3H3. The minimum Gasteiger partial charge on any atom is -0.454 e. The molecule has 0 saturated heterocycles. The van der Waals surface area contributed by atoms with Crippen molar-refractivity contribution in [1.82, 2.24) is 4.57 Å². The molecular weight excluding hydrogens is 342 g/mol. The molecule has 0 aliphatic rings. The zero-order valence-corrected chi connectivity index (χ0v) is 16.3. The summed E-state index contributed by atoms with van der Waals surface area (Å²) in [4.78, 5) is 0. The summed E-state index contributed by atoms with van der Waals surface area (Å²) in [5, 5.41) is 7.51. The molecule has 0 N–H and O–H groups in total. The van der Waals surface area contributed by atoms with Crippen LogP contribution in [-0.4, -0.2) is 4.57 Å². The van der Waals surface area contributed by atoms with E-state index in [4.69, 9.17) is 4.42 Å². The van der Waals surface area contributed by atoms with Crippen molar-refractivity contribution in [2.24, 2.45) is 0 Å². The van der Waals surface area contributed by atoms with E-state index in [-0.39, 0.29) is 5.54 Å². The van der Waals surface area contributed by atoms with E-state index in [1.807, 2.05) is 6.07 Å². The highest BCUT2D eigenvalue weighted by atomic mass is 16.3. The molecule has 6 rings (SSSR count). The molecule has 0 bridgehead atoms. The molecule has 28 heavy (non-hydrogen) atoms. The predicted molar refractivity (Wildman–Crippen MR) is 119 cm³/mol. The molecule has 2 heterocycles. The zero-order valence-electron chi connectivity index (χ0n) is 16.3. The van der Waals surface area contributed by atoms with Crippen LogP contribution in [0.3, 0.4) is 0 Å². The summed E-state index contributed by atoms with van der Waals surface area (Å²) < 4.78 is 8.97. The lowest BCUT2D eigenvalue weighted by Crippen LogP contribution is -2.21. The van der Waals surface area contributed by atoms with Gasteiger partial charge in [-0.25, -0.2) is 0 Å². The number of nitrogens with zero attached hydrogens (tertiary/aromatic N) is 1. The summed E-state index contributed by atoms with van der Waals surface area (Å²) in [5.41, 5.74) is 4.30. The molecular formula is C26H21NO.